The minimum Gasteiger partial charge on any atom is -0.273 e. The van der Waals surface area contributed by atoms with Crippen molar-refractivity contribution >= 4 is 41.2 Å². The number of rotatable bonds is 5. The molecule has 0 aromatic heterocycles. The van der Waals surface area contributed by atoms with Crippen molar-refractivity contribution in [1.82, 2.24) is 5.32 Å². The maximum atomic E-state index is 14.2. The number of hydrogen-bond donors (Lipinski definition) is 1. The normalized spacial score (nSPS) is 15.2. The van der Waals surface area contributed by atoms with Crippen LogP contribution < -0.4 is 10.2 Å². The number of hydrogen-bond acceptors (Lipinski definition) is 3. The zero-order valence-corrected chi connectivity index (χ0v) is 18.5. The summed E-state index contributed by atoms with van der Waals surface area (Å²) >= 11 is 6.18. The summed E-state index contributed by atoms with van der Waals surface area (Å²) in [7, 11) is 0. The van der Waals surface area contributed by atoms with E-state index in [1.165, 1.54) is 12.1 Å². The lowest BCUT2D eigenvalue weighted by Gasteiger charge is -2.28. The first-order valence-electron chi connectivity index (χ1n) is 10.4. The van der Waals surface area contributed by atoms with E-state index in [9.17, 15) is 18.8 Å². The predicted molar refractivity (Wildman–Crippen MR) is 125 cm³/mol. The standard InChI is InChI=1S/C26H20ClFN2O3/c1-2-16-7-4-6-10-23(16)30-25(32)21(24(31)29-26(30)33)15-19-14-20(27)12-11-17(19)13-18-8-3-5-9-22(18)28/h3-12,14-15H,2,13H2,1H3,(H,29,31,33)/b21-15-. The molecule has 1 heterocycles. The number of anilines is 1. The Kier molecular flexibility index (Phi) is 6.38. The van der Waals surface area contributed by atoms with Crippen LogP contribution in [-0.2, 0) is 22.4 Å². The van der Waals surface area contributed by atoms with Crippen molar-refractivity contribution in [3.05, 3.63) is 105 Å². The highest BCUT2D eigenvalue weighted by Gasteiger charge is 2.37. The smallest absolute Gasteiger partial charge is 0.273 e. The molecule has 166 valence electrons. The average Bonchev–Trinajstić information content (AvgIpc) is 2.80. The molecule has 0 spiro atoms. The fourth-order valence-electron chi connectivity index (χ4n) is 3.77. The molecule has 0 bridgehead atoms. The second-order valence-electron chi connectivity index (χ2n) is 7.55. The number of halogens is 2. The highest BCUT2D eigenvalue weighted by atomic mass is 35.5. The second kappa shape index (κ2) is 9.38. The zero-order valence-electron chi connectivity index (χ0n) is 17.8. The minimum atomic E-state index is -0.805. The Morgan fingerprint density at radius 1 is 0.939 bits per heavy atom. The fourth-order valence-corrected chi connectivity index (χ4v) is 3.95. The maximum Gasteiger partial charge on any atom is 0.335 e. The van der Waals surface area contributed by atoms with Gasteiger partial charge in [0.2, 0.25) is 0 Å². The van der Waals surface area contributed by atoms with Gasteiger partial charge in [-0.15, -0.1) is 0 Å². The average molecular weight is 463 g/mol. The molecular formula is C26H20ClFN2O3. The first kappa shape index (κ1) is 22.4. The second-order valence-corrected chi connectivity index (χ2v) is 7.99. The molecule has 0 radical (unpaired) electrons. The Bertz CT molecular complexity index is 1300. The summed E-state index contributed by atoms with van der Waals surface area (Å²) in [5, 5.41) is 2.63. The Balaban J connectivity index is 1.77. The Morgan fingerprint density at radius 3 is 2.36 bits per heavy atom. The molecular weight excluding hydrogens is 443 g/mol. The van der Waals surface area contributed by atoms with Gasteiger partial charge in [0.25, 0.3) is 11.8 Å². The summed E-state index contributed by atoms with van der Waals surface area (Å²) in [6.45, 7) is 1.91. The lowest BCUT2D eigenvalue weighted by molar-refractivity contribution is -0.122. The number of para-hydroxylation sites is 1. The van der Waals surface area contributed by atoms with Crippen LogP contribution in [0.3, 0.4) is 0 Å². The van der Waals surface area contributed by atoms with Gasteiger partial charge in [0, 0.05) is 11.4 Å². The molecule has 5 nitrogen and oxygen atoms in total. The Hall–Kier alpha value is -3.77. The molecule has 0 unspecified atom stereocenters. The van der Waals surface area contributed by atoms with Crippen LogP contribution in [0.2, 0.25) is 5.02 Å². The molecule has 1 aliphatic heterocycles. The van der Waals surface area contributed by atoms with E-state index in [0.29, 0.717) is 33.8 Å². The van der Waals surface area contributed by atoms with Gasteiger partial charge >= 0.3 is 6.03 Å². The number of imide groups is 2. The summed E-state index contributed by atoms with van der Waals surface area (Å²) < 4.78 is 14.2. The molecule has 3 aromatic rings. The molecule has 4 rings (SSSR count). The van der Waals surface area contributed by atoms with Crippen molar-refractivity contribution in [1.29, 1.82) is 0 Å². The third-order valence-corrected chi connectivity index (χ3v) is 5.70. The van der Waals surface area contributed by atoms with Crippen LogP contribution in [0.1, 0.15) is 29.2 Å². The van der Waals surface area contributed by atoms with Crippen LogP contribution in [0.25, 0.3) is 6.08 Å². The number of nitrogens with zero attached hydrogens (tertiary/aromatic N) is 1. The van der Waals surface area contributed by atoms with Crippen molar-refractivity contribution in [2.45, 2.75) is 19.8 Å². The monoisotopic (exact) mass is 462 g/mol. The predicted octanol–water partition coefficient (Wildman–Crippen LogP) is 5.30. The highest BCUT2D eigenvalue weighted by Crippen LogP contribution is 2.28. The Labute approximate surface area is 195 Å². The number of aryl methyl sites for hydroxylation is 1. The van der Waals surface area contributed by atoms with Crippen LogP contribution in [0, 0.1) is 5.82 Å². The van der Waals surface area contributed by atoms with Crippen LogP contribution in [0.4, 0.5) is 14.9 Å². The van der Waals surface area contributed by atoms with Crippen molar-refractivity contribution in [3.63, 3.8) is 0 Å². The van der Waals surface area contributed by atoms with E-state index < -0.39 is 17.8 Å². The number of carbonyl (C=O) groups is 3. The molecule has 3 aromatic carbocycles. The van der Waals surface area contributed by atoms with Gasteiger partial charge in [0.15, 0.2) is 0 Å². The van der Waals surface area contributed by atoms with Gasteiger partial charge in [-0.2, -0.15) is 0 Å². The number of barbiturate groups is 1. The van der Waals surface area contributed by atoms with E-state index in [4.69, 9.17) is 11.6 Å². The van der Waals surface area contributed by atoms with Crippen molar-refractivity contribution in [3.8, 4) is 0 Å². The molecule has 1 fully saturated rings. The summed E-state index contributed by atoms with van der Waals surface area (Å²) in [5.74, 6) is -1.89. The quantitative estimate of drug-likeness (QED) is 0.413. The summed E-state index contributed by atoms with van der Waals surface area (Å²) in [6.07, 6.45) is 2.23. The van der Waals surface area contributed by atoms with E-state index in [1.54, 1.807) is 48.5 Å². The molecule has 7 heteroatoms. The molecule has 1 N–H and O–H groups in total. The number of nitrogens with one attached hydrogen (secondary N) is 1. The van der Waals surface area contributed by atoms with E-state index in [0.717, 1.165) is 10.5 Å². The topological polar surface area (TPSA) is 66.5 Å². The van der Waals surface area contributed by atoms with Crippen LogP contribution in [-0.4, -0.2) is 17.8 Å². The third-order valence-electron chi connectivity index (χ3n) is 5.46. The van der Waals surface area contributed by atoms with Gasteiger partial charge in [-0.05, 0) is 59.0 Å². The van der Waals surface area contributed by atoms with Gasteiger partial charge < -0.3 is 0 Å². The van der Waals surface area contributed by atoms with Gasteiger partial charge in [0.05, 0.1) is 5.69 Å². The van der Waals surface area contributed by atoms with Crippen LogP contribution in [0.15, 0.2) is 72.3 Å². The van der Waals surface area contributed by atoms with Gasteiger partial charge in [-0.1, -0.05) is 61.0 Å². The molecule has 1 aliphatic rings. The highest BCUT2D eigenvalue weighted by molar-refractivity contribution is 6.39. The number of carbonyl (C=O) groups excluding carboxylic acids is 3. The molecule has 0 saturated carbocycles. The van der Waals surface area contributed by atoms with Gasteiger partial charge in [-0.3, -0.25) is 14.9 Å². The molecule has 0 atom stereocenters. The summed E-state index contributed by atoms with van der Waals surface area (Å²) in [4.78, 5) is 39.5. The zero-order chi connectivity index (χ0) is 23.5. The lowest BCUT2D eigenvalue weighted by atomic mass is 9.97. The maximum absolute atomic E-state index is 14.2. The number of amides is 4. The summed E-state index contributed by atoms with van der Waals surface area (Å²) in [6, 6.07) is 17.6. The van der Waals surface area contributed by atoms with Crippen LogP contribution >= 0.6 is 11.6 Å². The largest absolute Gasteiger partial charge is 0.335 e. The van der Waals surface area contributed by atoms with Gasteiger partial charge in [0.1, 0.15) is 11.4 Å². The fraction of sp³-hybridized carbons (Fsp3) is 0.115. The van der Waals surface area contributed by atoms with Gasteiger partial charge in [-0.25, -0.2) is 14.1 Å². The SMILES string of the molecule is CCc1ccccc1N1C(=O)NC(=O)/C(=C/c2cc(Cl)ccc2Cc2ccccc2F)C1=O. The van der Waals surface area contributed by atoms with Crippen molar-refractivity contribution in [2.24, 2.45) is 0 Å². The number of urea groups is 1. The Morgan fingerprint density at radius 2 is 1.64 bits per heavy atom. The third kappa shape index (κ3) is 4.56. The lowest BCUT2D eigenvalue weighted by Crippen LogP contribution is -2.54. The first-order valence-corrected chi connectivity index (χ1v) is 10.8. The minimum absolute atomic E-state index is 0.211. The molecule has 33 heavy (non-hydrogen) atoms. The van der Waals surface area contributed by atoms with E-state index >= 15 is 0 Å². The molecule has 1 saturated heterocycles. The van der Waals surface area contributed by atoms with Crippen molar-refractivity contribution < 1.29 is 18.8 Å². The van der Waals surface area contributed by atoms with E-state index in [1.807, 2.05) is 19.1 Å². The first-order chi connectivity index (χ1) is 15.9. The van der Waals surface area contributed by atoms with Crippen molar-refractivity contribution in [2.75, 3.05) is 4.90 Å². The molecule has 0 aliphatic carbocycles. The molecule has 4 amide bonds. The van der Waals surface area contributed by atoms with E-state index in [2.05, 4.69) is 5.32 Å². The summed E-state index contributed by atoms with van der Waals surface area (Å²) in [5.41, 5.74) is 2.62. The van der Waals surface area contributed by atoms with E-state index in [-0.39, 0.29) is 17.8 Å². The van der Waals surface area contributed by atoms with Crippen LogP contribution in [0.5, 0.6) is 0 Å². The number of benzene rings is 3.